The van der Waals surface area contributed by atoms with E-state index in [1.54, 1.807) is 0 Å². The van der Waals surface area contributed by atoms with Gasteiger partial charge in [0, 0.05) is 99.8 Å². The predicted octanol–water partition coefficient (Wildman–Crippen LogP) is 19.4. The molecule has 0 aliphatic carbocycles. The molecule has 0 N–H and O–H groups in total. The number of anilines is 4. The van der Waals surface area contributed by atoms with Gasteiger partial charge in [-0.25, -0.2) is 4.98 Å². The number of hydrogen-bond acceptors (Lipinski definition) is 4. The van der Waals surface area contributed by atoms with Crippen LogP contribution < -0.4 is 14.5 Å². The SMILES string of the molecule is CC(C)(c1ccccc1)c1ccnc(-n2c3[c-]c(Oc4[c-]c(N5[CH-]N(c6c(-c7ccccc7)cccc6-c6ccccc6)c6ccccc65)ccc4)ccc3c3c4c(ccc32)-n2c3ccccc3c3cccc(c32)-c2ccccc2-4)c1.[Pt]. The summed E-state index contributed by atoms with van der Waals surface area (Å²) in [7, 11) is 0. The van der Waals surface area contributed by atoms with Gasteiger partial charge in [0.2, 0.25) is 0 Å². The molecule has 2 aliphatic heterocycles. The second-order valence-electron chi connectivity index (χ2n) is 21.5. The molecule has 0 unspecified atom stereocenters. The number of ether oxygens (including phenoxy) is 1. The molecule has 5 heterocycles. The van der Waals surface area contributed by atoms with Crippen LogP contribution in [0.1, 0.15) is 25.0 Å². The summed E-state index contributed by atoms with van der Waals surface area (Å²) >= 11 is 0. The third-order valence-electron chi connectivity index (χ3n) is 16.7. The first kappa shape index (κ1) is 49.3. The Labute approximate surface area is 490 Å². The minimum absolute atomic E-state index is 0. The zero-order valence-electron chi connectivity index (χ0n) is 44.9. The summed E-state index contributed by atoms with van der Waals surface area (Å²) in [5.74, 6) is 1.93. The van der Waals surface area contributed by atoms with E-state index >= 15 is 0 Å². The molecule has 16 rings (SSSR count). The van der Waals surface area contributed by atoms with Crippen LogP contribution in [0.3, 0.4) is 0 Å². The first-order valence-corrected chi connectivity index (χ1v) is 27.6. The maximum absolute atomic E-state index is 6.97. The van der Waals surface area contributed by atoms with E-state index in [-0.39, 0.29) is 26.5 Å². The smallest absolute Gasteiger partial charge is 0.135 e. The van der Waals surface area contributed by atoms with Crippen LogP contribution in [-0.4, -0.2) is 14.1 Å². The van der Waals surface area contributed by atoms with Crippen molar-refractivity contribution in [2.75, 3.05) is 9.80 Å². The number of fused-ring (bicyclic) bond motifs is 13. The summed E-state index contributed by atoms with van der Waals surface area (Å²) < 4.78 is 11.7. The van der Waals surface area contributed by atoms with Crippen LogP contribution in [0.2, 0.25) is 0 Å². The monoisotopic (exact) mass is 1230 g/mol. The molecule has 11 aromatic carbocycles. The van der Waals surface area contributed by atoms with Gasteiger partial charge in [-0.05, 0) is 81.2 Å². The average molecular weight is 1230 g/mol. The van der Waals surface area contributed by atoms with Gasteiger partial charge in [0.25, 0.3) is 0 Å². The first-order chi connectivity index (χ1) is 40.0. The van der Waals surface area contributed by atoms with Gasteiger partial charge in [-0.1, -0.05) is 201 Å². The number of nitrogens with zero attached hydrogens (tertiary/aromatic N) is 5. The van der Waals surface area contributed by atoms with E-state index in [2.05, 4.69) is 294 Å². The predicted molar refractivity (Wildman–Crippen MR) is 332 cm³/mol. The molecule has 0 amide bonds. The van der Waals surface area contributed by atoms with Crippen molar-refractivity contribution in [1.82, 2.24) is 14.1 Å². The fourth-order valence-corrected chi connectivity index (χ4v) is 12.9. The third-order valence-corrected chi connectivity index (χ3v) is 16.7. The van der Waals surface area contributed by atoms with Crippen LogP contribution in [0.5, 0.6) is 11.5 Å². The molecule has 3 aromatic heterocycles. The number of hydrogen-bond donors (Lipinski definition) is 0. The minimum atomic E-state index is -0.307. The quantitative estimate of drug-likeness (QED) is 0.135. The summed E-state index contributed by atoms with van der Waals surface area (Å²) in [5, 5.41) is 4.64. The standard InChI is InChI=1S/C75H50N5O.Pt/c1-75(2,51-25-10-5-11-26-51)52-43-44-76-70(45-52)79-67-41-42-68-71(60-31-13-12-29-58(60)61-34-20-35-62-59-30-14-15-36-64(59)80(68)74(61)62)72(67)63-40-39-55(47-69(63)79)81-54-28-18-27-53(46-54)77-48-78(66-38-17-16-37-65(66)77)73-56(49-21-6-3-7-22-49)32-19-33-57(73)50-23-8-4-9-24-50;/h3-45,48H,1-2H3;/q-3;. The van der Waals surface area contributed by atoms with Crippen molar-refractivity contribution in [3.63, 3.8) is 0 Å². The van der Waals surface area contributed by atoms with Gasteiger partial charge < -0.3 is 23.7 Å². The first-order valence-electron chi connectivity index (χ1n) is 27.6. The van der Waals surface area contributed by atoms with Crippen LogP contribution in [0, 0.1) is 18.8 Å². The Hall–Kier alpha value is -9.74. The molecule has 0 radical (unpaired) electrons. The summed E-state index contributed by atoms with van der Waals surface area (Å²) in [6, 6.07) is 98.5. The van der Waals surface area contributed by atoms with Gasteiger partial charge >= 0.3 is 0 Å². The second-order valence-corrected chi connectivity index (χ2v) is 21.5. The van der Waals surface area contributed by atoms with Crippen molar-refractivity contribution in [2.45, 2.75) is 19.3 Å². The van der Waals surface area contributed by atoms with Crippen LogP contribution in [-0.2, 0) is 26.5 Å². The summed E-state index contributed by atoms with van der Waals surface area (Å²) in [4.78, 5) is 9.73. The molecule has 7 heteroatoms. The van der Waals surface area contributed by atoms with Crippen molar-refractivity contribution in [2.24, 2.45) is 0 Å². The molecule has 2 aliphatic rings. The Balaban J connectivity index is 0.00000576. The van der Waals surface area contributed by atoms with Crippen LogP contribution in [0.4, 0.5) is 22.7 Å². The van der Waals surface area contributed by atoms with E-state index in [0.29, 0.717) is 11.5 Å². The Bertz CT molecular complexity index is 4760. The molecule has 6 nitrogen and oxygen atoms in total. The Morgan fingerprint density at radius 2 is 1.05 bits per heavy atom. The van der Waals surface area contributed by atoms with E-state index in [1.807, 2.05) is 18.3 Å². The topological polar surface area (TPSA) is 38.5 Å². The zero-order valence-corrected chi connectivity index (χ0v) is 47.1. The number of aromatic nitrogens is 3. The maximum Gasteiger partial charge on any atom is 0.135 e. The van der Waals surface area contributed by atoms with E-state index in [9.17, 15) is 0 Å². The van der Waals surface area contributed by atoms with Gasteiger partial charge in [0.1, 0.15) is 5.82 Å². The van der Waals surface area contributed by atoms with Crippen LogP contribution in [0.25, 0.3) is 99.6 Å². The van der Waals surface area contributed by atoms with Gasteiger partial charge in [-0.2, -0.15) is 12.1 Å². The fourth-order valence-electron chi connectivity index (χ4n) is 12.9. The average Bonchev–Trinajstić information content (AvgIpc) is 2.21. The van der Waals surface area contributed by atoms with Crippen molar-refractivity contribution < 1.29 is 25.8 Å². The Morgan fingerprint density at radius 3 is 1.82 bits per heavy atom. The van der Waals surface area contributed by atoms with E-state index < -0.39 is 0 Å². The summed E-state index contributed by atoms with van der Waals surface area (Å²) in [6.45, 7) is 6.76. The van der Waals surface area contributed by atoms with Gasteiger partial charge in [0.15, 0.2) is 0 Å². The molecule has 0 fully saturated rings. The maximum atomic E-state index is 6.97. The molecular formula is C75H50N5OPt-3. The normalized spacial score (nSPS) is 12.6. The number of para-hydroxylation sites is 5. The van der Waals surface area contributed by atoms with Gasteiger partial charge in [0.05, 0.1) is 16.7 Å². The van der Waals surface area contributed by atoms with Crippen LogP contribution >= 0.6 is 0 Å². The van der Waals surface area contributed by atoms with Crippen molar-refractivity contribution in [3.05, 3.63) is 291 Å². The fraction of sp³-hybridized carbons (Fsp3) is 0.0400. The van der Waals surface area contributed by atoms with Crippen LogP contribution in [0.15, 0.2) is 261 Å². The molecule has 0 saturated heterocycles. The number of rotatable bonds is 9. The third kappa shape index (κ3) is 7.70. The van der Waals surface area contributed by atoms with E-state index in [0.717, 1.165) is 89.4 Å². The van der Waals surface area contributed by atoms with Gasteiger partial charge in [-0.15, -0.1) is 48.1 Å². The van der Waals surface area contributed by atoms with E-state index in [1.165, 1.54) is 44.1 Å². The number of pyridine rings is 1. The Morgan fingerprint density at radius 1 is 0.439 bits per heavy atom. The molecule has 0 saturated carbocycles. The second kappa shape index (κ2) is 19.5. The van der Waals surface area contributed by atoms with Crippen molar-refractivity contribution in [1.29, 1.82) is 0 Å². The van der Waals surface area contributed by atoms with Gasteiger partial charge in [-0.3, -0.25) is 0 Å². The molecule has 0 atom stereocenters. The summed E-state index contributed by atoms with van der Waals surface area (Å²) in [5.41, 5.74) is 20.8. The van der Waals surface area contributed by atoms with E-state index in [4.69, 9.17) is 9.72 Å². The van der Waals surface area contributed by atoms with Crippen molar-refractivity contribution in [3.8, 4) is 67.5 Å². The Kier molecular flexibility index (Phi) is 11.7. The summed E-state index contributed by atoms with van der Waals surface area (Å²) in [6.07, 6.45) is 1.95. The zero-order chi connectivity index (χ0) is 53.8. The minimum Gasteiger partial charge on any atom is -0.509 e. The molecule has 0 bridgehead atoms. The number of benzene rings is 11. The molecule has 82 heavy (non-hydrogen) atoms. The molecular weight excluding hydrogens is 1180 g/mol. The van der Waals surface area contributed by atoms with Crippen molar-refractivity contribution >= 4 is 66.4 Å². The largest absolute Gasteiger partial charge is 0.509 e. The molecule has 14 aromatic rings. The molecule has 0 spiro atoms. The molecule has 394 valence electrons.